The van der Waals surface area contributed by atoms with Crippen LogP contribution in [0.2, 0.25) is 0 Å². The lowest BCUT2D eigenvalue weighted by Crippen LogP contribution is -2.65. The first-order valence-corrected chi connectivity index (χ1v) is 17.4. The van der Waals surface area contributed by atoms with E-state index in [9.17, 15) is 24.9 Å². The van der Waals surface area contributed by atoms with Crippen LogP contribution in [0, 0.1) is 56.7 Å². The van der Waals surface area contributed by atoms with Crippen LogP contribution in [0.4, 0.5) is 0 Å². The Morgan fingerprint density at radius 2 is 1.62 bits per heavy atom. The topological polar surface area (TPSA) is 104 Å². The number of carboxylic acid groups (broad SMARTS) is 1. The van der Waals surface area contributed by atoms with E-state index in [1.165, 1.54) is 23.8 Å². The van der Waals surface area contributed by atoms with Gasteiger partial charge in [0.05, 0.1) is 5.41 Å². The van der Waals surface area contributed by atoms with Gasteiger partial charge in [-0.3, -0.25) is 4.79 Å². The summed E-state index contributed by atoms with van der Waals surface area (Å²) in [4.78, 5) is 26.0. The molecular formula is C39H54O6. The number of carboxylic acids is 1. The van der Waals surface area contributed by atoms with Crippen LogP contribution in [-0.4, -0.2) is 33.4 Å². The predicted octanol–water partition coefficient (Wildman–Crippen LogP) is 8.77. The highest BCUT2D eigenvalue weighted by atomic mass is 16.5. The van der Waals surface area contributed by atoms with Crippen LogP contribution in [0.3, 0.4) is 0 Å². The van der Waals surface area contributed by atoms with Crippen molar-refractivity contribution in [3.63, 3.8) is 0 Å². The van der Waals surface area contributed by atoms with Crippen LogP contribution in [0.25, 0.3) is 6.08 Å². The second-order valence-electron chi connectivity index (χ2n) is 17.0. The highest BCUT2D eigenvalue weighted by Crippen LogP contribution is 2.75. The maximum atomic E-state index is 13.0. The Morgan fingerprint density at radius 3 is 2.31 bits per heavy atom. The van der Waals surface area contributed by atoms with Gasteiger partial charge in [0.15, 0.2) is 11.5 Å². The van der Waals surface area contributed by atoms with Gasteiger partial charge in [-0.15, -0.1) is 0 Å². The minimum Gasteiger partial charge on any atom is -0.504 e. The standard InChI is InChI=1S/C39H54O6/c1-23-14-19-39(34(43)44)21-20-37(6)26(33(39)24(23)2)10-12-30-36(5)17-16-31(35(3,4)29(36)15-18-38(30,37)7)45-32(42)13-9-25-8-11-27(40)28(41)22-25/h8-11,13,22-24,29-31,33,40-41H,12,14-21H2,1-7H3,(H,43,44)/b13-9+/t23-,24+,29?,30?,31+,33?,36+,37-,38-,39+/m1/s1. The molecule has 6 nitrogen and oxygen atoms in total. The third kappa shape index (κ3) is 4.54. The molecule has 0 saturated heterocycles. The van der Waals surface area contributed by atoms with E-state index in [0.29, 0.717) is 29.2 Å². The van der Waals surface area contributed by atoms with E-state index >= 15 is 0 Å². The maximum absolute atomic E-state index is 13.0. The van der Waals surface area contributed by atoms with Gasteiger partial charge in [0, 0.05) is 11.5 Å². The quantitative estimate of drug-likeness (QED) is 0.135. The lowest BCUT2D eigenvalue weighted by atomic mass is 9.33. The van der Waals surface area contributed by atoms with Gasteiger partial charge in [0.1, 0.15) is 6.10 Å². The molecular weight excluding hydrogens is 564 g/mol. The molecule has 3 unspecified atom stereocenters. The van der Waals surface area contributed by atoms with Gasteiger partial charge in [0.25, 0.3) is 0 Å². The van der Waals surface area contributed by atoms with Crippen LogP contribution in [0.5, 0.6) is 11.5 Å². The molecule has 0 aromatic heterocycles. The second-order valence-corrected chi connectivity index (χ2v) is 17.0. The average molecular weight is 619 g/mol. The number of aliphatic carboxylic acids is 1. The first kappa shape index (κ1) is 32.2. The summed E-state index contributed by atoms with van der Waals surface area (Å²) >= 11 is 0. The molecule has 4 saturated carbocycles. The third-order valence-corrected chi connectivity index (χ3v) is 15.0. The molecule has 1 aromatic carbocycles. The number of aromatic hydroxyl groups is 2. The lowest BCUT2D eigenvalue weighted by molar-refractivity contribution is -0.213. The Balaban J connectivity index is 1.26. The van der Waals surface area contributed by atoms with Crippen molar-refractivity contribution in [3.05, 3.63) is 41.5 Å². The number of fused-ring (bicyclic) bond motifs is 7. The number of benzene rings is 1. The van der Waals surface area contributed by atoms with Crippen LogP contribution < -0.4 is 0 Å². The number of ether oxygens (including phenoxy) is 1. The summed E-state index contributed by atoms with van der Waals surface area (Å²) < 4.78 is 6.15. The van der Waals surface area contributed by atoms with Gasteiger partial charge in [0.2, 0.25) is 0 Å². The minimum atomic E-state index is -0.622. The number of hydrogen-bond donors (Lipinski definition) is 3. The summed E-state index contributed by atoms with van der Waals surface area (Å²) in [5.74, 6) is 0.524. The van der Waals surface area contributed by atoms with Gasteiger partial charge < -0.3 is 20.1 Å². The molecule has 45 heavy (non-hydrogen) atoms. The van der Waals surface area contributed by atoms with E-state index in [1.807, 2.05) is 0 Å². The van der Waals surface area contributed by atoms with Crippen molar-refractivity contribution in [2.45, 2.75) is 112 Å². The Labute approximate surface area is 269 Å². The van der Waals surface area contributed by atoms with Gasteiger partial charge >= 0.3 is 11.9 Å². The summed E-state index contributed by atoms with van der Waals surface area (Å²) in [5, 5.41) is 30.0. The van der Waals surface area contributed by atoms with E-state index < -0.39 is 11.4 Å². The minimum absolute atomic E-state index is 0.0141. The molecule has 0 spiro atoms. The molecule has 0 heterocycles. The number of phenolic OH excluding ortho intramolecular Hbond substituents is 2. The van der Waals surface area contributed by atoms with Crippen molar-refractivity contribution < 1.29 is 29.6 Å². The van der Waals surface area contributed by atoms with Crippen molar-refractivity contribution in [3.8, 4) is 11.5 Å². The molecule has 3 N–H and O–H groups in total. The highest BCUT2D eigenvalue weighted by molar-refractivity contribution is 5.87. The number of esters is 1. The zero-order valence-corrected chi connectivity index (χ0v) is 28.4. The van der Waals surface area contributed by atoms with Crippen molar-refractivity contribution in [2.24, 2.45) is 56.7 Å². The summed E-state index contributed by atoms with van der Waals surface area (Å²) in [6.07, 6.45) is 13.9. The molecule has 6 rings (SSSR count). The number of allylic oxidation sites excluding steroid dienone is 2. The Morgan fingerprint density at radius 1 is 0.889 bits per heavy atom. The van der Waals surface area contributed by atoms with Crippen LogP contribution in [0.1, 0.15) is 112 Å². The molecule has 10 atom stereocenters. The SMILES string of the molecule is C[C@@H]1CC[C@]2(C(=O)O)CC[C@]3(C)C(=CCC4[C@@]5(C)CC[C@H](OC(=O)/C=C/c6ccc(O)c(O)c6)C(C)(C)C5CC[C@]43C)C2[C@H]1C. The smallest absolute Gasteiger partial charge is 0.331 e. The summed E-state index contributed by atoms with van der Waals surface area (Å²) in [6, 6.07) is 4.46. The molecule has 1 aromatic rings. The Bertz CT molecular complexity index is 1440. The zero-order valence-electron chi connectivity index (χ0n) is 28.4. The van der Waals surface area contributed by atoms with Gasteiger partial charge in [-0.2, -0.15) is 0 Å². The molecule has 0 amide bonds. The van der Waals surface area contributed by atoms with Crippen molar-refractivity contribution in [1.82, 2.24) is 0 Å². The monoisotopic (exact) mass is 618 g/mol. The van der Waals surface area contributed by atoms with Crippen LogP contribution in [-0.2, 0) is 14.3 Å². The lowest BCUT2D eigenvalue weighted by Gasteiger charge is -2.71. The van der Waals surface area contributed by atoms with Crippen molar-refractivity contribution in [1.29, 1.82) is 0 Å². The highest BCUT2D eigenvalue weighted by Gasteiger charge is 2.69. The number of rotatable bonds is 4. The molecule has 5 aliphatic rings. The van der Waals surface area contributed by atoms with Gasteiger partial charge in [-0.1, -0.05) is 66.2 Å². The third-order valence-electron chi connectivity index (χ3n) is 15.0. The fraction of sp³-hybridized carbons (Fsp3) is 0.692. The summed E-state index contributed by atoms with van der Waals surface area (Å²) in [6.45, 7) is 16.8. The van der Waals surface area contributed by atoms with Crippen molar-refractivity contribution in [2.75, 3.05) is 0 Å². The number of carbonyl (C=O) groups is 2. The largest absolute Gasteiger partial charge is 0.504 e. The zero-order chi connectivity index (χ0) is 32.7. The van der Waals surface area contributed by atoms with Gasteiger partial charge in [-0.05, 0) is 127 Å². The van der Waals surface area contributed by atoms with E-state index in [4.69, 9.17) is 4.74 Å². The molecule has 0 aliphatic heterocycles. The predicted molar refractivity (Wildman–Crippen MR) is 175 cm³/mol. The average Bonchev–Trinajstić information content (AvgIpc) is 2.97. The molecule has 5 aliphatic carbocycles. The molecule has 4 fully saturated rings. The van der Waals surface area contributed by atoms with E-state index in [1.54, 1.807) is 12.1 Å². The number of hydrogen-bond acceptors (Lipinski definition) is 5. The van der Waals surface area contributed by atoms with Crippen LogP contribution in [0.15, 0.2) is 35.9 Å². The number of carbonyl (C=O) groups excluding carboxylic acids is 1. The summed E-state index contributed by atoms with van der Waals surface area (Å²) in [5.41, 5.74) is 1.43. The fourth-order valence-corrected chi connectivity index (χ4v) is 12.0. The van der Waals surface area contributed by atoms with E-state index in [2.05, 4.69) is 54.5 Å². The van der Waals surface area contributed by atoms with E-state index in [0.717, 1.165) is 57.8 Å². The van der Waals surface area contributed by atoms with E-state index in [-0.39, 0.29) is 51.2 Å². The Hall–Kier alpha value is -2.76. The number of phenols is 2. The molecule has 6 heteroatoms. The van der Waals surface area contributed by atoms with Crippen molar-refractivity contribution >= 4 is 18.0 Å². The fourth-order valence-electron chi connectivity index (χ4n) is 12.0. The molecule has 0 bridgehead atoms. The normalized spacial score (nSPS) is 43.7. The molecule has 246 valence electrons. The Kier molecular flexibility index (Phi) is 7.61. The molecule has 0 radical (unpaired) electrons. The maximum Gasteiger partial charge on any atom is 0.331 e. The first-order valence-electron chi connectivity index (χ1n) is 17.4. The second kappa shape index (κ2) is 10.6. The first-order chi connectivity index (χ1) is 21.0. The van der Waals surface area contributed by atoms with Gasteiger partial charge in [-0.25, -0.2) is 4.79 Å². The van der Waals surface area contributed by atoms with Crippen LogP contribution >= 0.6 is 0 Å². The summed E-state index contributed by atoms with van der Waals surface area (Å²) in [7, 11) is 0.